The molecule has 0 radical (unpaired) electrons. The van der Waals surface area contributed by atoms with E-state index < -0.39 is 0 Å². The standard InChI is InChI=1S/C16H24N2O/c1-11-6-4-7-14(10-11)15-8-5-9-18(15)16(19)12(2)13(3)17/h4,6-7,10,12-13,15H,5,8-9,17H2,1-3H3. The van der Waals surface area contributed by atoms with Gasteiger partial charge in [-0.05, 0) is 32.3 Å². The molecular formula is C16H24N2O. The number of nitrogens with zero attached hydrogens (tertiary/aromatic N) is 1. The Morgan fingerprint density at radius 2 is 2.16 bits per heavy atom. The summed E-state index contributed by atoms with van der Waals surface area (Å²) < 4.78 is 0. The van der Waals surface area contributed by atoms with E-state index in [0.29, 0.717) is 0 Å². The Balaban J connectivity index is 2.19. The Morgan fingerprint density at radius 1 is 1.42 bits per heavy atom. The first-order valence-corrected chi connectivity index (χ1v) is 7.13. The van der Waals surface area contributed by atoms with Crippen molar-refractivity contribution in [3.8, 4) is 0 Å². The summed E-state index contributed by atoms with van der Waals surface area (Å²) in [6.45, 7) is 6.78. The monoisotopic (exact) mass is 260 g/mol. The third-order valence-electron chi connectivity index (χ3n) is 4.14. The van der Waals surface area contributed by atoms with Crippen LogP contribution in [0.4, 0.5) is 0 Å². The summed E-state index contributed by atoms with van der Waals surface area (Å²) in [7, 11) is 0. The number of rotatable bonds is 3. The van der Waals surface area contributed by atoms with Crippen molar-refractivity contribution in [2.75, 3.05) is 6.54 Å². The first-order chi connectivity index (χ1) is 9.00. The summed E-state index contributed by atoms with van der Waals surface area (Å²) in [6.07, 6.45) is 2.14. The highest BCUT2D eigenvalue weighted by molar-refractivity contribution is 5.80. The molecule has 0 aliphatic carbocycles. The predicted molar refractivity (Wildman–Crippen MR) is 77.7 cm³/mol. The zero-order chi connectivity index (χ0) is 14.0. The first-order valence-electron chi connectivity index (χ1n) is 7.13. The third-order valence-corrected chi connectivity index (χ3v) is 4.14. The van der Waals surface area contributed by atoms with Crippen molar-refractivity contribution < 1.29 is 4.79 Å². The maximum Gasteiger partial charge on any atom is 0.227 e. The van der Waals surface area contributed by atoms with E-state index in [1.54, 1.807) is 0 Å². The van der Waals surface area contributed by atoms with Crippen LogP contribution < -0.4 is 5.73 Å². The lowest BCUT2D eigenvalue weighted by Crippen LogP contribution is -2.41. The quantitative estimate of drug-likeness (QED) is 0.908. The summed E-state index contributed by atoms with van der Waals surface area (Å²) >= 11 is 0. The summed E-state index contributed by atoms with van der Waals surface area (Å²) in [5.74, 6) is 0.0874. The SMILES string of the molecule is Cc1cccc(C2CCCN2C(=O)C(C)C(C)N)c1. The maximum absolute atomic E-state index is 12.5. The van der Waals surface area contributed by atoms with Crippen molar-refractivity contribution in [3.63, 3.8) is 0 Å². The van der Waals surface area contributed by atoms with E-state index >= 15 is 0 Å². The van der Waals surface area contributed by atoms with Crippen LogP contribution in [-0.2, 0) is 4.79 Å². The zero-order valence-corrected chi connectivity index (χ0v) is 12.1. The van der Waals surface area contributed by atoms with E-state index in [4.69, 9.17) is 5.73 Å². The lowest BCUT2D eigenvalue weighted by molar-refractivity contribution is -0.136. The minimum Gasteiger partial charge on any atom is -0.335 e. The Kier molecular flexibility index (Phi) is 4.25. The van der Waals surface area contributed by atoms with Crippen LogP contribution in [0.25, 0.3) is 0 Å². The molecule has 3 nitrogen and oxygen atoms in total. The minimum absolute atomic E-state index is 0.0914. The van der Waals surface area contributed by atoms with Gasteiger partial charge in [-0.1, -0.05) is 36.8 Å². The molecule has 3 unspecified atom stereocenters. The van der Waals surface area contributed by atoms with Gasteiger partial charge in [0.15, 0.2) is 0 Å². The molecule has 1 heterocycles. The molecule has 104 valence electrons. The largest absolute Gasteiger partial charge is 0.335 e. The molecule has 2 N–H and O–H groups in total. The fourth-order valence-corrected chi connectivity index (χ4v) is 2.74. The van der Waals surface area contributed by atoms with Gasteiger partial charge in [0.2, 0.25) is 5.91 Å². The van der Waals surface area contributed by atoms with Gasteiger partial charge in [-0.15, -0.1) is 0 Å². The summed E-state index contributed by atoms with van der Waals surface area (Å²) in [5.41, 5.74) is 8.36. The van der Waals surface area contributed by atoms with Gasteiger partial charge >= 0.3 is 0 Å². The summed E-state index contributed by atoms with van der Waals surface area (Å²) in [5, 5.41) is 0. The Morgan fingerprint density at radius 3 is 2.79 bits per heavy atom. The van der Waals surface area contributed by atoms with E-state index in [9.17, 15) is 4.79 Å². The molecule has 19 heavy (non-hydrogen) atoms. The lowest BCUT2D eigenvalue weighted by atomic mass is 9.99. The second-order valence-corrected chi connectivity index (χ2v) is 5.75. The van der Waals surface area contributed by atoms with Gasteiger partial charge in [-0.3, -0.25) is 4.79 Å². The van der Waals surface area contributed by atoms with E-state index in [2.05, 4.69) is 31.2 Å². The molecule has 0 spiro atoms. The topological polar surface area (TPSA) is 46.3 Å². The highest BCUT2D eigenvalue weighted by Gasteiger charge is 2.33. The molecule has 0 saturated carbocycles. The molecule has 0 bridgehead atoms. The first kappa shape index (κ1) is 14.1. The van der Waals surface area contributed by atoms with Gasteiger partial charge in [-0.2, -0.15) is 0 Å². The van der Waals surface area contributed by atoms with Gasteiger partial charge in [0.05, 0.1) is 12.0 Å². The number of carbonyl (C=O) groups is 1. The average Bonchev–Trinajstić information content (AvgIpc) is 2.86. The second kappa shape index (κ2) is 5.74. The zero-order valence-electron chi connectivity index (χ0n) is 12.1. The number of aryl methyl sites for hydroxylation is 1. The minimum atomic E-state index is -0.106. The van der Waals surface area contributed by atoms with E-state index in [0.717, 1.165) is 19.4 Å². The molecule has 1 amide bonds. The van der Waals surface area contributed by atoms with Crippen LogP contribution in [0.15, 0.2) is 24.3 Å². The highest BCUT2D eigenvalue weighted by Crippen LogP contribution is 2.33. The Labute approximate surface area is 115 Å². The number of nitrogens with two attached hydrogens (primary N) is 1. The van der Waals surface area contributed by atoms with Crippen LogP contribution in [0.3, 0.4) is 0 Å². The molecular weight excluding hydrogens is 236 g/mol. The molecule has 3 heteroatoms. The number of hydrogen-bond donors (Lipinski definition) is 1. The van der Waals surface area contributed by atoms with Gasteiger partial charge in [0, 0.05) is 12.6 Å². The maximum atomic E-state index is 12.5. The number of carbonyl (C=O) groups excluding carboxylic acids is 1. The molecule has 1 aromatic rings. The smallest absolute Gasteiger partial charge is 0.227 e. The van der Waals surface area contributed by atoms with Crippen LogP contribution in [-0.4, -0.2) is 23.4 Å². The van der Waals surface area contributed by atoms with Gasteiger partial charge in [0.1, 0.15) is 0 Å². The van der Waals surface area contributed by atoms with Gasteiger partial charge in [0.25, 0.3) is 0 Å². The van der Waals surface area contributed by atoms with Crippen molar-refractivity contribution in [1.82, 2.24) is 4.90 Å². The fourth-order valence-electron chi connectivity index (χ4n) is 2.74. The lowest BCUT2D eigenvalue weighted by Gasteiger charge is -2.29. The molecule has 2 rings (SSSR count). The van der Waals surface area contributed by atoms with E-state index in [1.165, 1.54) is 11.1 Å². The summed E-state index contributed by atoms with van der Waals surface area (Å²) in [6, 6.07) is 8.61. The van der Waals surface area contributed by atoms with Crippen LogP contribution in [0.5, 0.6) is 0 Å². The number of benzene rings is 1. The Hall–Kier alpha value is -1.35. The third kappa shape index (κ3) is 2.98. The van der Waals surface area contributed by atoms with Crippen LogP contribution in [0, 0.1) is 12.8 Å². The second-order valence-electron chi connectivity index (χ2n) is 5.75. The van der Waals surface area contributed by atoms with Gasteiger partial charge < -0.3 is 10.6 Å². The molecule has 1 fully saturated rings. The molecule has 1 aromatic carbocycles. The van der Waals surface area contributed by atoms with Crippen LogP contribution >= 0.6 is 0 Å². The number of hydrogen-bond acceptors (Lipinski definition) is 2. The summed E-state index contributed by atoms with van der Waals surface area (Å²) in [4.78, 5) is 14.5. The fraction of sp³-hybridized carbons (Fsp3) is 0.562. The Bertz CT molecular complexity index is 456. The molecule has 0 aromatic heterocycles. The van der Waals surface area contributed by atoms with E-state index in [-0.39, 0.29) is 23.9 Å². The van der Waals surface area contributed by atoms with Crippen molar-refractivity contribution in [1.29, 1.82) is 0 Å². The van der Waals surface area contributed by atoms with Crippen molar-refractivity contribution >= 4 is 5.91 Å². The number of amides is 1. The molecule has 3 atom stereocenters. The highest BCUT2D eigenvalue weighted by atomic mass is 16.2. The molecule has 1 saturated heterocycles. The van der Waals surface area contributed by atoms with Crippen LogP contribution in [0.1, 0.15) is 43.9 Å². The predicted octanol–water partition coefficient (Wildman–Crippen LogP) is 2.64. The normalized spacial score (nSPS) is 22.3. The van der Waals surface area contributed by atoms with Crippen molar-refractivity contribution in [2.45, 2.75) is 45.7 Å². The molecule has 1 aliphatic rings. The molecule has 1 aliphatic heterocycles. The van der Waals surface area contributed by atoms with E-state index in [1.807, 2.05) is 18.7 Å². The van der Waals surface area contributed by atoms with Crippen molar-refractivity contribution in [2.24, 2.45) is 11.7 Å². The van der Waals surface area contributed by atoms with Crippen molar-refractivity contribution in [3.05, 3.63) is 35.4 Å². The van der Waals surface area contributed by atoms with Crippen LogP contribution in [0.2, 0.25) is 0 Å². The average molecular weight is 260 g/mol. The van der Waals surface area contributed by atoms with Gasteiger partial charge in [-0.25, -0.2) is 0 Å². The number of likely N-dealkylation sites (tertiary alicyclic amines) is 1.